The maximum atomic E-state index is 14.8. The van der Waals surface area contributed by atoms with Gasteiger partial charge in [-0.3, -0.25) is 19.3 Å². The van der Waals surface area contributed by atoms with Gasteiger partial charge < -0.3 is 20.9 Å². The van der Waals surface area contributed by atoms with Crippen molar-refractivity contribution in [3.8, 4) is 11.1 Å². The van der Waals surface area contributed by atoms with E-state index in [4.69, 9.17) is 15.7 Å². The number of hydrogen-bond donors (Lipinski definition) is 2. The summed E-state index contributed by atoms with van der Waals surface area (Å²) in [5.41, 5.74) is 6.86. The number of carbonyl (C=O) groups excluding carboxylic acids is 2. The number of piperazine rings is 1. The van der Waals surface area contributed by atoms with Crippen LogP contribution in [0, 0.1) is 23.4 Å². The first-order valence-electron chi connectivity index (χ1n) is 19.0. The Hall–Kier alpha value is -6.04. The highest BCUT2D eigenvalue weighted by Gasteiger charge is 2.49. The second-order valence-electron chi connectivity index (χ2n) is 15.1. The number of anilines is 2. The number of rotatable bonds is 10. The monoisotopic (exact) mass is 831 g/mol. The number of nitrogens with zero attached hydrogens (tertiary/aromatic N) is 7. The van der Waals surface area contributed by atoms with E-state index in [9.17, 15) is 35.9 Å². The summed E-state index contributed by atoms with van der Waals surface area (Å²) in [7, 11) is 0. The Balaban J connectivity index is 1.11. The number of nitrogens with one attached hydrogen (secondary N) is 1. The van der Waals surface area contributed by atoms with Gasteiger partial charge in [0, 0.05) is 73.1 Å². The van der Waals surface area contributed by atoms with E-state index >= 15 is 0 Å². The lowest BCUT2D eigenvalue weighted by Crippen LogP contribution is -2.46. The number of benzene rings is 2. The van der Waals surface area contributed by atoms with Crippen LogP contribution in [-0.4, -0.2) is 62.7 Å². The van der Waals surface area contributed by atoms with Crippen LogP contribution in [0.4, 0.5) is 37.2 Å². The van der Waals surface area contributed by atoms with Crippen molar-refractivity contribution in [2.75, 3.05) is 36.0 Å². The molecule has 1 aliphatic heterocycles. The first-order valence-corrected chi connectivity index (χ1v) is 19.8. The van der Waals surface area contributed by atoms with Gasteiger partial charge >= 0.3 is 6.18 Å². The Morgan fingerprint density at radius 3 is 2.37 bits per heavy atom. The molecule has 0 spiro atoms. The molecule has 1 saturated carbocycles. The number of hydrogen-bond acceptors (Lipinski definition) is 9. The van der Waals surface area contributed by atoms with Gasteiger partial charge in [-0.1, -0.05) is 17.4 Å². The van der Waals surface area contributed by atoms with Gasteiger partial charge in [0.15, 0.2) is 16.5 Å². The Morgan fingerprint density at radius 2 is 1.66 bits per heavy atom. The molecule has 304 valence electrons. The molecule has 3 atom stereocenters. The van der Waals surface area contributed by atoms with Crippen molar-refractivity contribution in [3.63, 3.8) is 0 Å². The lowest BCUT2D eigenvalue weighted by molar-refractivity contribution is -0.142. The lowest BCUT2D eigenvalue weighted by atomic mass is 9.94. The third-order valence-electron chi connectivity index (χ3n) is 11.2. The van der Waals surface area contributed by atoms with E-state index in [0.717, 1.165) is 28.6 Å². The summed E-state index contributed by atoms with van der Waals surface area (Å²) in [5.74, 6) is -4.25. The molecule has 6 aromatic rings. The Bertz CT molecular complexity index is 2590. The van der Waals surface area contributed by atoms with Crippen LogP contribution in [0.5, 0.6) is 0 Å². The predicted octanol–water partition coefficient (Wildman–Crippen LogP) is 6.96. The lowest BCUT2D eigenvalue weighted by Gasteiger charge is -2.35. The summed E-state index contributed by atoms with van der Waals surface area (Å²) in [6.07, 6.45) is 0.0575. The molecule has 9 rings (SSSR count). The summed E-state index contributed by atoms with van der Waals surface area (Å²) in [6, 6.07) is 11.1. The van der Waals surface area contributed by atoms with Gasteiger partial charge in [-0.15, -0.1) is 0 Å². The molecule has 18 heteroatoms. The van der Waals surface area contributed by atoms with Crippen LogP contribution >= 0.6 is 11.3 Å². The highest BCUT2D eigenvalue weighted by molar-refractivity contribution is 7.22. The molecule has 11 nitrogen and oxygen atoms in total. The molecule has 3 aliphatic rings. The molecule has 2 fully saturated rings. The molecule has 2 unspecified atom stereocenters. The fraction of sp³-hybridized carbons (Fsp3) is 0.317. The first kappa shape index (κ1) is 38.5. The largest absolute Gasteiger partial charge is 0.435 e. The molecule has 59 heavy (non-hydrogen) atoms. The number of halogens is 6. The zero-order valence-corrected chi connectivity index (χ0v) is 32.0. The maximum absolute atomic E-state index is 14.8. The fourth-order valence-electron chi connectivity index (χ4n) is 8.40. The van der Waals surface area contributed by atoms with Crippen LogP contribution in [-0.2, 0) is 30.4 Å². The first-order chi connectivity index (χ1) is 28.3. The molecule has 5 heterocycles. The van der Waals surface area contributed by atoms with E-state index in [-0.39, 0.29) is 47.1 Å². The third-order valence-corrected chi connectivity index (χ3v) is 12.3. The number of fused-ring (bicyclic) bond motifs is 4. The average Bonchev–Trinajstić information content (AvgIpc) is 3.72. The number of amides is 2. The van der Waals surface area contributed by atoms with Gasteiger partial charge in [0.05, 0.1) is 22.0 Å². The number of primary amides is 1. The second kappa shape index (κ2) is 15.0. The standard InChI is InChI=1S/C41H35F6N9O2S/c42-24-13-21(14-25(43)18-24)15-32(50-34(57)20-56-36-27(3-1-23-16-29(23)36)37(53-56)41(45,46)47)35-28(22-2-4-31(44)30(17-22)38(48)58)19-33-39(51-35)52-40(59-33)55-11-9-54(10-12-55)26-5-7-49-8-6-26/h2,4-8,13-14,17-19,23,29,32H,1,3,9-12,15-16,20H2,(H2,48,58)(H,50,57)/t23?,29?,32-/m0/s1. The number of carbonyl (C=O) groups is 2. The SMILES string of the molecule is NC(=O)c1cc(-c2cc3sc(N4CCN(c5ccncc5)CC4)nc3nc2[C@H](Cc2cc(F)cc(F)c2)NC(=O)Cn2nc(C(F)(F)F)c3c2C2CC2CC3)ccc1F. The van der Waals surface area contributed by atoms with Gasteiger partial charge in [-0.25, -0.2) is 18.2 Å². The minimum absolute atomic E-state index is 0.102. The van der Waals surface area contributed by atoms with Crippen molar-refractivity contribution in [2.45, 2.75) is 50.4 Å². The molecule has 2 amide bonds. The Labute approximate surface area is 336 Å². The van der Waals surface area contributed by atoms with E-state index in [1.54, 1.807) is 18.5 Å². The molecular weight excluding hydrogens is 797 g/mol. The second-order valence-corrected chi connectivity index (χ2v) is 16.1. The molecule has 0 bridgehead atoms. The van der Waals surface area contributed by atoms with Crippen molar-refractivity contribution < 1.29 is 35.9 Å². The van der Waals surface area contributed by atoms with Gasteiger partial charge in [0.25, 0.3) is 5.91 Å². The molecule has 2 aliphatic carbocycles. The average molecular weight is 832 g/mol. The number of aromatic nitrogens is 5. The summed E-state index contributed by atoms with van der Waals surface area (Å²) >= 11 is 1.36. The van der Waals surface area contributed by atoms with E-state index in [1.807, 2.05) is 12.1 Å². The molecule has 4 aromatic heterocycles. The van der Waals surface area contributed by atoms with Crippen molar-refractivity contribution in [1.82, 2.24) is 30.0 Å². The molecule has 0 radical (unpaired) electrons. The molecular formula is C41H35F6N9O2S. The van der Waals surface area contributed by atoms with Gasteiger partial charge in [0.2, 0.25) is 5.91 Å². The number of alkyl halides is 3. The zero-order valence-electron chi connectivity index (χ0n) is 31.1. The van der Waals surface area contributed by atoms with Crippen molar-refractivity contribution in [3.05, 3.63) is 118 Å². The van der Waals surface area contributed by atoms with Crippen LogP contribution < -0.4 is 20.9 Å². The smallest absolute Gasteiger partial charge is 0.368 e. The van der Waals surface area contributed by atoms with Gasteiger partial charge in [-0.05, 0) is 85.2 Å². The summed E-state index contributed by atoms with van der Waals surface area (Å²) in [5, 5.41) is 7.43. The van der Waals surface area contributed by atoms with E-state index in [2.05, 4.69) is 25.2 Å². The Morgan fingerprint density at radius 1 is 0.932 bits per heavy atom. The third kappa shape index (κ3) is 7.68. The van der Waals surface area contributed by atoms with Crippen LogP contribution in [0.25, 0.3) is 21.5 Å². The number of nitrogens with two attached hydrogens (primary N) is 1. The van der Waals surface area contributed by atoms with E-state index in [0.29, 0.717) is 71.7 Å². The molecule has 1 saturated heterocycles. The maximum Gasteiger partial charge on any atom is 0.435 e. The van der Waals surface area contributed by atoms with E-state index < -0.39 is 59.3 Å². The number of thiazole rings is 1. The highest BCUT2D eigenvalue weighted by Crippen LogP contribution is 2.56. The quantitative estimate of drug-likeness (QED) is 0.142. The summed E-state index contributed by atoms with van der Waals surface area (Å²) in [6.45, 7) is 2.13. The zero-order chi connectivity index (χ0) is 41.2. The van der Waals surface area contributed by atoms with Crippen molar-refractivity contribution in [1.29, 1.82) is 0 Å². The normalized spacial score (nSPS) is 18.1. The fourth-order valence-corrected chi connectivity index (χ4v) is 9.40. The number of pyridine rings is 2. The molecule has 2 aromatic carbocycles. The van der Waals surface area contributed by atoms with Crippen molar-refractivity contribution >= 4 is 44.3 Å². The highest BCUT2D eigenvalue weighted by atomic mass is 32.1. The van der Waals surface area contributed by atoms with Gasteiger partial charge in [-0.2, -0.15) is 23.3 Å². The van der Waals surface area contributed by atoms with Gasteiger partial charge in [0.1, 0.15) is 24.0 Å². The van der Waals surface area contributed by atoms with E-state index in [1.165, 1.54) is 23.5 Å². The Kier molecular flexibility index (Phi) is 9.76. The molecule has 3 N–H and O–H groups in total. The van der Waals surface area contributed by atoms with Crippen LogP contribution in [0.1, 0.15) is 63.4 Å². The summed E-state index contributed by atoms with van der Waals surface area (Å²) < 4.78 is 88.2. The minimum Gasteiger partial charge on any atom is -0.368 e. The topological polar surface area (TPSA) is 135 Å². The van der Waals surface area contributed by atoms with Crippen LogP contribution in [0.15, 0.2) is 67.0 Å². The van der Waals surface area contributed by atoms with Crippen molar-refractivity contribution in [2.24, 2.45) is 11.7 Å². The van der Waals surface area contributed by atoms with Crippen LogP contribution in [0.3, 0.4) is 0 Å². The van der Waals surface area contributed by atoms with Crippen LogP contribution in [0.2, 0.25) is 0 Å². The minimum atomic E-state index is -4.72. The summed E-state index contributed by atoms with van der Waals surface area (Å²) in [4.78, 5) is 44.6. The predicted molar refractivity (Wildman–Crippen MR) is 207 cm³/mol.